The van der Waals surface area contributed by atoms with Crippen LogP contribution in [0.4, 0.5) is 0 Å². The highest BCUT2D eigenvalue weighted by Gasteiger charge is 2.28. The fourth-order valence-electron chi connectivity index (χ4n) is 3.53. The third-order valence-electron chi connectivity index (χ3n) is 4.79. The van der Waals surface area contributed by atoms with Gasteiger partial charge in [0.2, 0.25) is 22.5 Å². The molecule has 0 atom stereocenters. The Labute approximate surface area is 193 Å². The molecule has 0 aliphatic carbocycles. The normalized spacial score (nSPS) is 12.1. The van der Waals surface area contributed by atoms with Crippen molar-refractivity contribution in [2.24, 2.45) is 0 Å². The van der Waals surface area contributed by atoms with Crippen LogP contribution in [0.25, 0.3) is 11.4 Å². The fourth-order valence-corrected chi connectivity index (χ4v) is 5.17. The summed E-state index contributed by atoms with van der Waals surface area (Å²) in [4.78, 5) is 13.7. The van der Waals surface area contributed by atoms with Crippen LogP contribution in [0.3, 0.4) is 0 Å². The summed E-state index contributed by atoms with van der Waals surface area (Å²) in [5, 5.41) is 0. The van der Waals surface area contributed by atoms with Crippen molar-refractivity contribution >= 4 is 16.6 Å². The molecule has 3 aromatic rings. The first-order chi connectivity index (χ1) is 15.0. The lowest BCUT2D eigenvalue weighted by molar-refractivity contribution is 0.490. The number of rotatable bonds is 9. The maximum atomic E-state index is 13.7. The van der Waals surface area contributed by atoms with E-state index in [9.17, 15) is 4.79 Å². The average Bonchev–Trinajstić information content (AvgIpc) is 2.96. The van der Waals surface area contributed by atoms with Crippen LogP contribution in [-0.4, -0.2) is 26.0 Å². The predicted molar refractivity (Wildman–Crippen MR) is 138 cm³/mol. The Kier molecular flexibility index (Phi) is 7.20. The SMILES string of the molecule is CCCCc1c(O[Si](C)(C)C)n(-c2ccc(O[Si](C)(C)C)cc2)n(-c2ccccc2)c1=O. The van der Waals surface area contributed by atoms with Crippen LogP contribution in [-0.2, 0) is 6.42 Å². The van der Waals surface area contributed by atoms with Gasteiger partial charge in [0, 0.05) is 0 Å². The van der Waals surface area contributed by atoms with Gasteiger partial charge in [0.1, 0.15) is 5.75 Å². The quantitative estimate of drug-likeness (QED) is 0.341. The average molecular weight is 469 g/mol. The van der Waals surface area contributed by atoms with Crippen molar-refractivity contribution in [3.63, 3.8) is 0 Å². The summed E-state index contributed by atoms with van der Waals surface area (Å²) in [5.41, 5.74) is 2.44. The van der Waals surface area contributed by atoms with E-state index in [0.29, 0.717) is 12.3 Å². The Bertz CT molecular complexity index is 1090. The first kappa shape index (κ1) is 24.1. The maximum absolute atomic E-state index is 13.7. The third kappa shape index (κ3) is 5.83. The van der Waals surface area contributed by atoms with Crippen LogP contribution in [0.5, 0.6) is 11.6 Å². The van der Waals surface area contributed by atoms with Gasteiger partial charge in [0.05, 0.1) is 16.9 Å². The van der Waals surface area contributed by atoms with Gasteiger partial charge in [-0.3, -0.25) is 4.79 Å². The second-order valence-electron chi connectivity index (χ2n) is 10.1. The molecule has 7 heteroatoms. The van der Waals surface area contributed by atoms with Crippen molar-refractivity contribution in [2.75, 3.05) is 0 Å². The van der Waals surface area contributed by atoms with Gasteiger partial charge < -0.3 is 8.85 Å². The van der Waals surface area contributed by atoms with Crippen molar-refractivity contribution in [3.8, 4) is 23.0 Å². The molecule has 0 aliphatic heterocycles. The molecule has 0 N–H and O–H groups in total. The van der Waals surface area contributed by atoms with Crippen LogP contribution in [0.2, 0.25) is 39.3 Å². The monoisotopic (exact) mass is 468 g/mol. The summed E-state index contributed by atoms with van der Waals surface area (Å²) in [7, 11) is -3.68. The second-order valence-corrected chi connectivity index (χ2v) is 18.9. The molecule has 0 saturated carbocycles. The van der Waals surface area contributed by atoms with Crippen molar-refractivity contribution in [1.82, 2.24) is 9.36 Å². The minimum absolute atomic E-state index is 0.0136. The van der Waals surface area contributed by atoms with E-state index in [2.05, 4.69) is 46.2 Å². The molecule has 0 unspecified atom stereocenters. The summed E-state index contributed by atoms with van der Waals surface area (Å²) in [6.45, 7) is 15.1. The number of nitrogens with zero attached hydrogens (tertiary/aromatic N) is 2. The molecule has 0 aliphatic rings. The second kappa shape index (κ2) is 9.54. The minimum Gasteiger partial charge on any atom is -0.544 e. The molecule has 1 heterocycles. The molecule has 5 nitrogen and oxygen atoms in total. The summed E-state index contributed by atoms with van der Waals surface area (Å²) in [5.74, 6) is 1.53. The lowest BCUT2D eigenvalue weighted by Gasteiger charge is -2.23. The Balaban J connectivity index is 2.25. The summed E-state index contributed by atoms with van der Waals surface area (Å²) in [6.07, 6.45) is 2.66. The number of para-hydroxylation sites is 1. The molecule has 0 amide bonds. The topological polar surface area (TPSA) is 45.4 Å². The standard InChI is InChI=1S/C25H36N2O3Si2/c1-8-9-15-23-24(28)26(20-13-11-10-12-14-20)27(25(23)30-32(5,6)7)21-16-18-22(19-17-21)29-31(2,3)4/h10-14,16-19H,8-9,15H2,1-7H3. The van der Waals surface area contributed by atoms with Crippen molar-refractivity contribution in [2.45, 2.75) is 65.5 Å². The largest absolute Gasteiger partial charge is 0.544 e. The zero-order valence-electron chi connectivity index (χ0n) is 20.4. The molecular weight excluding hydrogens is 432 g/mol. The Morgan fingerprint density at radius 2 is 1.31 bits per heavy atom. The molecule has 172 valence electrons. The lowest BCUT2D eigenvalue weighted by atomic mass is 10.1. The number of hydrogen-bond donors (Lipinski definition) is 0. The molecule has 0 fully saturated rings. The summed E-state index contributed by atoms with van der Waals surface area (Å²) < 4.78 is 16.4. The van der Waals surface area contributed by atoms with Gasteiger partial charge >= 0.3 is 0 Å². The van der Waals surface area contributed by atoms with Gasteiger partial charge in [0.25, 0.3) is 5.56 Å². The van der Waals surface area contributed by atoms with Crippen LogP contribution >= 0.6 is 0 Å². The zero-order chi connectivity index (χ0) is 23.5. The fraction of sp³-hybridized carbons (Fsp3) is 0.400. The molecule has 0 spiro atoms. The zero-order valence-corrected chi connectivity index (χ0v) is 22.4. The van der Waals surface area contributed by atoms with Gasteiger partial charge in [-0.15, -0.1) is 0 Å². The number of benzene rings is 2. The van der Waals surface area contributed by atoms with E-state index in [1.807, 2.05) is 59.3 Å². The lowest BCUT2D eigenvalue weighted by Crippen LogP contribution is -2.31. The molecule has 32 heavy (non-hydrogen) atoms. The third-order valence-corrected chi connectivity index (χ3v) is 6.44. The molecule has 3 rings (SSSR count). The Hall–Kier alpha value is -2.52. The van der Waals surface area contributed by atoms with E-state index in [-0.39, 0.29) is 5.56 Å². The van der Waals surface area contributed by atoms with E-state index in [0.717, 1.165) is 35.5 Å². The Morgan fingerprint density at radius 1 is 0.750 bits per heavy atom. The van der Waals surface area contributed by atoms with E-state index in [1.54, 1.807) is 4.68 Å². The molecule has 2 aromatic carbocycles. The minimum atomic E-state index is -1.98. The first-order valence-electron chi connectivity index (χ1n) is 11.4. The number of aromatic nitrogens is 2. The van der Waals surface area contributed by atoms with Crippen molar-refractivity contribution < 1.29 is 8.85 Å². The number of unbranched alkanes of at least 4 members (excludes halogenated alkanes) is 1. The smallest absolute Gasteiger partial charge is 0.278 e. The molecule has 0 radical (unpaired) electrons. The summed E-state index contributed by atoms with van der Waals surface area (Å²) >= 11 is 0. The van der Waals surface area contributed by atoms with Crippen molar-refractivity contribution in [3.05, 3.63) is 70.5 Å². The van der Waals surface area contributed by atoms with E-state index < -0.39 is 16.6 Å². The molecule has 0 bridgehead atoms. The van der Waals surface area contributed by atoms with Crippen LogP contribution in [0.1, 0.15) is 25.3 Å². The molecule has 0 saturated heterocycles. The first-order valence-corrected chi connectivity index (χ1v) is 18.2. The van der Waals surface area contributed by atoms with E-state index in [1.165, 1.54) is 0 Å². The van der Waals surface area contributed by atoms with Gasteiger partial charge in [-0.05, 0) is 88.5 Å². The predicted octanol–water partition coefficient (Wildman–Crippen LogP) is 6.40. The van der Waals surface area contributed by atoms with Gasteiger partial charge in [0.15, 0.2) is 0 Å². The Morgan fingerprint density at radius 3 is 1.84 bits per heavy atom. The highest BCUT2D eigenvalue weighted by Crippen LogP contribution is 2.29. The highest BCUT2D eigenvalue weighted by atomic mass is 28.4. The highest BCUT2D eigenvalue weighted by molar-refractivity contribution is 6.70. The van der Waals surface area contributed by atoms with Crippen LogP contribution < -0.4 is 14.4 Å². The van der Waals surface area contributed by atoms with Crippen LogP contribution in [0, 0.1) is 0 Å². The van der Waals surface area contributed by atoms with E-state index in [4.69, 9.17) is 8.85 Å². The van der Waals surface area contributed by atoms with Crippen LogP contribution in [0.15, 0.2) is 59.4 Å². The summed E-state index contributed by atoms with van der Waals surface area (Å²) in [6, 6.07) is 17.8. The van der Waals surface area contributed by atoms with Gasteiger partial charge in [-0.1, -0.05) is 31.5 Å². The van der Waals surface area contributed by atoms with Crippen molar-refractivity contribution in [1.29, 1.82) is 0 Å². The molecule has 1 aromatic heterocycles. The maximum Gasteiger partial charge on any atom is 0.278 e. The van der Waals surface area contributed by atoms with Gasteiger partial charge in [-0.25, -0.2) is 9.36 Å². The van der Waals surface area contributed by atoms with E-state index >= 15 is 0 Å². The van der Waals surface area contributed by atoms with Gasteiger partial charge in [-0.2, -0.15) is 0 Å². The molecular formula is C25H36N2O3Si2. The number of hydrogen-bond acceptors (Lipinski definition) is 3.